The number of fused-ring (bicyclic) bond motifs is 1. The van der Waals surface area contributed by atoms with E-state index in [2.05, 4.69) is 24.8 Å². The van der Waals surface area contributed by atoms with Crippen molar-refractivity contribution in [2.75, 3.05) is 43.5 Å². The third-order valence-electron chi connectivity index (χ3n) is 5.17. The van der Waals surface area contributed by atoms with E-state index in [1.807, 2.05) is 48.2 Å². The zero-order valence-corrected chi connectivity index (χ0v) is 15.5. The van der Waals surface area contributed by atoms with E-state index in [1.165, 1.54) is 6.42 Å². The molecule has 1 saturated heterocycles. The van der Waals surface area contributed by atoms with Crippen molar-refractivity contribution in [2.24, 2.45) is 11.8 Å². The van der Waals surface area contributed by atoms with Crippen LogP contribution >= 0.6 is 0 Å². The fourth-order valence-corrected chi connectivity index (χ4v) is 4.26. The lowest BCUT2D eigenvalue weighted by atomic mass is 9.91. The first-order valence-corrected chi connectivity index (χ1v) is 8.88. The van der Waals surface area contributed by atoms with E-state index in [1.54, 1.807) is 0 Å². The van der Waals surface area contributed by atoms with E-state index in [9.17, 15) is 10.1 Å². The average Bonchev–Trinajstić information content (AvgIpc) is 2.80. The minimum absolute atomic E-state index is 0.0923. The summed E-state index contributed by atoms with van der Waals surface area (Å²) in [5.74, 6) is 1.77. The second-order valence-corrected chi connectivity index (χ2v) is 7.48. The highest BCUT2D eigenvalue weighted by Crippen LogP contribution is 2.40. The van der Waals surface area contributed by atoms with Gasteiger partial charge in [0, 0.05) is 27.2 Å². The summed E-state index contributed by atoms with van der Waals surface area (Å²) < 4.78 is 0. The fourth-order valence-electron chi connectivity index (χ4n) is 4.26. The van der Waals surface area contributed by atoms with Crippen molar-refractivity contribution in [1.82, 2.24) is 4.90 Å². The molecule has 0 N–H and O–H groups in total. The molecule has 132 valence electrons. The Morgan fingerprint density at radius 2 is 1.64 bits per heavy atom. The minimum Gasteiger partial charge on any atom is -0.328 e. The van der Waals surface area contributed by atoms with Crippen molar-refractivity contribution in [2.45, 2.75) is 20.3 Å². The number of rotatable bonds is 3. The van der Waals surface area contributed by atoms with Gasteiger partial charge in [0.05, 0.1) is 17.9 Å². The predicted octanol–water partition coefficient (Wildman–Crippen LogP) is 2.85. The molecule has 2 aliphatic rings. The highest BCUT2D eigenvalue weighted by atomic mass is 16.1. The topological polar surface area (TPSA) is 50.6 Å². The zero-order valence-electron chi connectivity index (χ0n) is 15.5. The van der Waals surface area contributed by atoms with Gasteiger partial charge in [-0.05, 0) is 30.4 Å². The molecule has 5 nitrogen and oxygen atoms in total. The Labute approximate surface area is 150 Å². The van der Waals surface area contributed by atoms with Crippen molar-refractivity contribution in [1.29, 1.82) is 5.26 Å². The van der Waals surface area contributed by atoms with Crippen molar-refractivity contribution in [3.8, 4) is 6.07 Å². The van der Waals surface area contributed by atoms with Crippen LogP contribution < -0.4 is 9.80 Å². The summed E-state index contributed by atoms with van der Waals surface area (Å²) in [4.78, 5) is 19.0. The molecule has 0 amide bonds. The van der Waals surface area contributed by atoms with Crippen LogP contribution in [-0.2, 0) is 4.79 Å². The van der Waals surface area contributed by atoms with Crippen molar-refractivity contribution < 1.29 is 4.79 Å². The summed E-state index contributed by atoms with van der Waals surface area (Å²) >= 11 is 0. The molecule has 0 aromatic heterocycles. The number of piperidine rings is 1. The largest absolute Gasteiger partial charge is 0.328 e. The van der Waals surface area contributed by atoms with Gasteiger partial charge in [0.1, 0.15) is 17.5 Å². The van der Waals surface area contributed by atoms with Crippen LogP contribution in [0.15, 0.2) is 35.7 Å². The van der Waals surface area contributed by atoms with E-state index >= 15 is 0 Å². The number of carbonyl (C=O) groups excluding carboxylic acids is 1. The molecule has 0 bridgehead atoms. The minimum atomic E-state index is -0.0923. The number of carbonyl (C=O) groups is 1. The highest BCUT2D eigenvalue weighted by molar-refractivity contribution is 6.03. The number of Topliss-reactive ketones (excluding diaryl/α,β-unsaturated/α-hetero) is 1. The second-order valence-electron chi connectivity index (χ2n) is 7.48. The predicted molar refractivity (Wildman–Crippen MR) is 100 cm³/mol. The van der Waals surface area contributed by atoms with E-state index in [4.69, 9.17) is 0 Å². The lowest BCUT2D eigenvalue weighted by Gasteiger charge is -2.34. The number of nitriles is 1. The maximum absolute atomic E-state index is 12.9. The molecule has 1 aromatic rings. The first kappa shape index (κ1) is 17.5. The van der Waals surface area contributed by atoms with Crippen LogP contribution in [-0.4, -0.2) is 44.4 Å². The number of hydrogen-bond donors (Lipinski definition) is 0. The Hall–Kier alpha value is -2.32. The number of para-hydroxylation sites is 2. The van der Waals surface area contributed by atoms with Gasteiger partial charge in [0.25, 0.3) is 0 Å². The van der Waals surface area contributed by atoms with Gasteiger partial charge in [0.15, 0.2) is 5.78 Å². The summed E-state index contributed by atoms with van der Waals surface area (Å²) in [6, 6.07) is 10.1. The monoisotopic (exact) mass is 338 g/mol. The Balaban J connectivity index is 1.86. The molecule has 1 aromatic carbocycles. The SMILES string of the molecule is C[C@H]1C[C@H](C)CN(CC(=O)C(C#N)=C2N(C)c3ccccc3N2C)C1. The van der Waals surface area contributed by atoms with Crippen molar-refractivity contribution in [3.05, 3.63) is 35.7 Å². The van der Waals surface area contributed by atoms with E-state index in [0.29, 0.717) is 24.2 Å². The van der Waals surface area contributed by atoms with Crippen LogP contribution in [0.1, 0.15) is 20.3 Å². The van der Waals surface area contributed by atoms with Gasteiger partial charge in [-0.3, -0.25) is 9.69 Å². The molecule has 25 heavy (non-hydrogen) atoms. The number of anilines is 2. The van der Waals surface area contributed by atoms with Gasteiger partial charge in [-0.2, -0.15) is 5.26 Å². The van der Waals surface area contributed by atoms with Crippen LogP contribution in [0.4, 0.5) is 11.4 Å². The molecule has 0 saturated carbocycles. The summed E-state index contributed by atoms with van der Waals surface area (Å²) in [6.07, 6.45) is 1.21. The number of likely N-dealkylation sites (tertiary alicyclic amines) is 1. The molecule has 3 rings (SSSR count). The molecular formula is C20H26N4O. The van der Waals surface area contributed by atoms with Crippen molar-refractivity contribution >= 4 is 17.2 Å². The van der Waals surface area contributed by atoms with Crippen LogP contribution in [0.3, 0.4) is 0 Å². The Kier molecular flexibility index (Phi) is 4.82. The first-order chi connectivity index (χ1) is 11.9. The molecule has 5 heteroatoms. The number of hydrogen-bond acceptors (Lipinski definition) is 5. The normalized spacial score (nSPS) is 23.4. The first-order valence-electron chi connectivity index (χ1n) is 8.88. The number of ketones is 1. The number of benzene rings is 1. The van der Waals surface area contributed by atoms with Crippen LogP contribution in [0.2, 0.25) is 0 Å². The van der Waals surface area contributed by atoms with E-state index in [-0.39, 0.29) is 11.4 Å². The molecule has 2 atom stereocenters. The van der Waals surface area contributed by atoms with Gasteiger partial charge in [0.2, 0.25) is 0 Å². The number of nitrogens with zero attached hydrogens (tertiary/aromatic N) is 4. The molecule has 1 fully saturated rings. The zero-order chi connectivity index (χ0) is 18.1. The molecule has 0 aliphatic carbocycles. The molecule has 0 radical (unpaired) electrons. The fraction of sp³-hybridized carbons (Fsp3) is 0.500. The third kappa shape index (κ3) is 3.27. The van der Waals surface area contributed by atoms with Crippen molar-refractivity contribution in [3.63, 3.8) is 0 Å². The molecular weight excluding hydrogens is 312 g/mol. The highest BCUT2D eigenvalue weighted by Gasteiger charge is 2.32. The second kappa shape index (κ2) is 6.89. The lowest BCUT2D eigenvalue weighted by Crippen LogP contribution is -2.42. The maximum atomic E-state index is 12.9. The molecule has 0 unspecified atom stereocenters. The van der Waals surface area contributed by atoms with Gasteiger partial charge in [-0.25, -0.2) is 0 Å². The summed E-state index contributed by atoms with van der Waals surface area (Å²) in [7, 11) is 3.82. The van der Waals surface area contributed by atoms with Gasteiger partial charge >= 0.3 is 0 Å². The van der Waals surface area contributed by atoms with Crippen LogP contribution in [0.25, 0.3) is 0 Å². The van der Waals surface area contributed by atoms with E-state index in [0.717, 1.165) is 24.5 Å². The standard InChI is InChI=1S/C20H26N4O/c1-14-9-15(2)12-24(11-14)13-19(25)16(10-21)20-22(3)17-7-5-6-8-18(17)23(20)4/h5-8,14-15H,9,11-13H2,1-4H3/t14-,15-/m0/s1. The van der Waals surface area contributed by atoms with Gasteiger partial charge < -0.3 is 9.80 Å². The summed E-state index contributed by atoms with van der Waals surface area (Å²) in [5.41, 5.74) is 2.27. The molecule has 0 spiro atoms. The van der Waals surface area contributed by atoms with Gasteiger partial charge in [-0.15, -0.1) is 0 Å². The maximum Gasteiger partial charge on any atom is 0.191 e. The summed E-state index contributed by atoms with van der Waals surface area (Å²) in [5, 5.41) is 9.70. The Morgan fingerprint density at radius 3 is 2.12 bits per heavy atom. The quantitative estimate of drug-likeness (QED) is 0.626. The average molecular weight is 338 g/mol. The van der Waals surface area contributed by atoms with Crippen LogP contribution in [0, 0.1) is 23.2 Å². The lowest BCUT2D eigenvalue weighted by molar-refractivity contribution is -0.117. The Morgan fingerprint density at radius 1 is 1.12 bits per heavy atom. The molecule has 2 aliphatic heterocycles. The van der Waals surface area contributed by atoms with Crippen LogP contribution in [0.5, 0.6) is 0 Å². The van der Waals surface area contributed by atoms with Gasteiger partial charge in [-0.1, -0.05) is 26.0 Å². The van der Waals surface area contributed by atoms with E-state index < -0.39 is 0 Å². The smallest absolute Gasteiger partial charge is 0.191 e. The summed E-state index contributed by atoms with van der Waals surface area (Å²) in [6.45, 7) is 6.63. The third-order valence-corrected chi connectivity index (χ3v) is 5.17. The Bertz CT molecular complexity index is 707. The molecule has 2 heterocycles.